The predicted octanol–water partition coefficient (Wildman–Crippen LogP) is 4.84. The third kappa shape index (κ3) is 4.11. The first kappa shape index (κ1) is 20.5. The van der Waals surface area contributed by atoms with Crippen LogP contribution in [-0.2, 0) is 0 Å². The van der Waals surface area contributed by atoms with Crippen LogP contribution in [0.4, 0.5) is 17.6 Å². The van der Waals surface area contributed by atoms with E-state index in [1.54, 1.807) is 27.7 Å². The van der Waals surface area contributed by atoms with E-state index >= 15 is 0 Å². The van der Waals surface area contributed by atoms with E-state index in [2.05, 4.69) is 16.8 Å². The minimum atomic E-state index is -3.14. The molecular formula is C27H24F4N4O2. The zero-order chi connectivity index (χ0) is 28.4. The molecule has 2 aromatic carbocycles. The van der Waals surface area contributed by atoms with E-state index in [1.807, 2.05) is 0 Å². The number of imidazole rings is 1. The Morgan fingerprint density at radius 1 is 1.27 bits per heavy atom. The van der Waals surface area contributed by atoms with Gasteiger partial charge in [0.1, 0.15) is 11.6 Å². The van der Waals surface area contributed by atoms with Gasteiger partial charge in [0.25, 0.3) is 11.8 Å². The number of rotatable bonds is 4. The number of hydrogen-bond donors (Lipinski definition) is 0. The van der Waals surface area contributed by atoms with Crippen molar-refractivity contribution in [2.45, 2.75) is 43.9 Å². The predicted molar refractivity (Wildman–Crippen MR) is 128 cm³/mol. The lowest BCUT2D eigenvalue weighted by Crippen LogP contribution is -2.30. The van der Waals surface area contributed by atoms with Gasteiger partial charge in [-0.15, -0.1) is 0 Å². The number of likely N-dealkylation sites (tertiary alicyclic amines) is 1. The van der Waals surface area contributed by atoms with E-state index in [0.29, 0.717) is 41.9 Å². The molecule has 3 aromatic rings. The van der Waals surface area contributed by atoms with E-state index in [1.165, 1.54) is 18.2 Å². The Kier molecular flexibility index (Phi) is 4.85. The molecule has 0 unspecified atom stereocenters. The van der Waals surface area contributed by atoms with Crippen molar-refractivity contribution in [2.24, 2.45) is 0 Å². The van der Waals surface area contributed by atoms with E-state index < -0.39 is 37.5 Å². The van der Waals surface area contributed by atoms with Gasteiger partial charge >= 0.3 is 6.61 Å². The number of alkyl halides is 4. The average molecular weight is 516 g/mol. The van der Waals surface area contributed by atoms with Gasteiger partial charge in [-0.05, 0) is 30.3 Å². The summed E-state index contributed by atoms with van der Waals surface area (Å²) in [7, 11) is 0. The first-order valence-electron chi connectivity index (χ1n) is 13.5. The second kappa shape index (κ2) is 8.77. The fourth-order valence-electron chi connectivity index (χ4n) is 5.56. The monoisotopic (exact) mass is 515 g/mol. The van der Waals surface area contributed by atoms with Crippen molar-refractivity contribution in [3.63, 3.8) is 0 Å². The molecule has 0 aliphatic carbocycles. The van der Waals surface area contributed by atoms with Crippen molar-refractivity contribution >= 4 is 16.9 Å². The minimum absolute atomic E-state index is 0.0160. The second-order valence-corrected chi connectivity index (χ2v) is 9.52. The SMILES string of the molecule is [2H]C([2H])([2H])N1C(=O)c2cccc(OC(F)F)c2[C@H]2C[C@@H]1c1nc3ccc(C#CCCN4CCC(F)(F)C4)cc3n12. The Bertz CT molecular complexity index is 1560. The van der Waals surface area contributed by atoms with Crippen molar-refractivity contribution < 1.29 is 31.2 Å². The van der Waals surface area contributed by atoms with E-state index in [9.17, 15) is 22.4 Å². The molecule has 1 fully saturated rings. The van der Waals surface area contributed by atoms with Crippen LogP contribution >= 0.6 is 0 Å². The molecule has 4 heterocycles. The summed E-state index contributed by atoms with van der Waals surface area (Å²) in [5.41, 5.74) is 1.93. The van der Waals surface area contributed by atoms with Gasteiger partial charge in [-0.3, -0.25) is 9.69 Å². The van der Waals surface area contributed by atoms with Crippen LogP contribution in [0.2, 0.25) is 0 Å². The molecule has 3 aliphatic rings. The summed E-state index contributed by atoms with van der Waals surface area (Å²) >= 11 is 0. The molecule has 1 saturated heterocycles. The summed E-state index contributed by atoms with van der Waals surface area (Å²) in [5.74, 6) is 2.74. The summed E-state index contributed by atoms with van der Waals surface area (Å²) in [6.07, 6.45) is 0.375. The molecule has 0 radical (unpaired) electrons. The normalized spacial score (nSPS) is 23.6. The zero-order valence-electron chi connectivity index (χ0n) is 22.6. The summed E-state index contributed by atoms with van der Waals surface area (Å²) in [4.78, 5) is 20.6. The summed E-state index contributed by atoms with van der Waals surface area (Å²) in [6, 6.07) is 7.78. The Labute approximate surface area is 215 Å². The van der Waals surface area contributed by atoms with Crippen molar-refractivity contribution in [1.29, 1.82) is 0 Å². The van der Waals surface area contributed by atoms with Gasteiger partial charge in [0.2, 0.25) is 0 Å². The molecule has 0 N–H and O–H groups in total. The lowest BCUT2D eigenvalue weighted by Gasteiger charge is -2.24. The highest BCUT2D eigenvalue weighted by atomic mass is 19.3. The van der Waals surface area contributed by atoms with Crippen LogP contribution in [0.5, 0.6) is 5.75 Å². The maximum Gasteiger partial charge on any atom is 0.387 e. The number of fused-ring (bicyclic) bond motifs is 9. The van der Waals surface area contributed by atoms with Gasteiger partial charge in [0.05, 0.1) is 29.7 Å². The molecule has 0 saturated carbocycles. The number of amides is 1. The van der Waals surface area contributed by atoms with Crippen LogP contribution < -0.4 is 4.74 Å². The lowest BCUT2D eigenvalue weighted by molar-refractivity contribution is -0.0507. The van der Waals surface area contributed by atoms with Crippen molar-refractivity contribution in [3.8, 4) is 17.6 Å². The van der Waals surface area contributed by atoms with Gasteiger partial charge in [-0.1, -0.05) is 17.9 Å². The van der Waals surface area contributed by atoms with Crippen molar-refractivity contribution in [3.05, 3.63) is 58.9 Å². The maximum absolute atomic E-state index is 13.5. The molecule has 2 bridgehead atoms. The van der Waals surface area contributed by atoms with E-state index in [-0.39, 0.29) is 36.3 Å². The van der Waals surface area contributed by atoms with Gasteiger partial charge in [-0.2, -0.15) is 8.78 Å². The molecule has 37 heavy (non-hydrogen) atoms. The zero-order valence-corrected chi connectivity index (χ0v) is 19.6. The quantitative estimate of drug-likeness (QED) is 0.369. The molecule has 6 nitrogen and oxygen atoms in total. The molecule has 2 atom stereocenters. The number of halogens is 4. The summed E-state index contributed by atoms with van der Waals surface area (Å²) in [6.45, 7) is -5.46. The lowest BCUT2D eigenvalue weighted by atomic mass is 9.97. The van der Waals surface area contributed by atoms with E-state index in [4.69, 9.17) is 8.85 Å². The van der Waals surface area contributed by atoms with Crippen molar-refractivity contribution in [2.75, 3.05) is 26.6 Å². The van der Waals surface area contributed by atoms with Crippen LogP contribution in [0.3, 0.4) is 0 Å². The topological polar surface area (TPSA) is 50.6 Å². The van der Waals surface area contributed by atoms with Crippen LogP contribution in [0, 0.1) is 11.8 Å². The molecule has 3 aliphatic heterocycles. The first-order chi connectivity index (χ1) is 18.9. The van der Waals surface area contributed by atoms with Crippen molar-refractivity contribution in [1.82, 2.24) is 19.4 Å². The highest BCUT2D eigenvalue weighted by Crippen LogP contribution is 2.49. The maximum atomic E-state index is 13.5. The van der Waals surface area contributed by atoms with Gasteiger partial charge in [0.15, 0.2) is 0 Å². The molecule has 192 valence electrons. The van der Waals surface area contributed by atoms with Crippen LogP contribution in [-0.4, -0.2) is 64.4 Å². The second-order valence-electron chi connectivity index (χ2n) is 9.52. The Morgan fingerprint density at radius 3 is 2.89 bits per heavy atom. The van der Waals surface area contributed by atoms with Crippen LogP contribution in [0.1, 0.15) is 62.8 Å². The Hall–Kier alpha value is -3.58. The average Bonchev–Trinajstić information content (AvgIpc) is 3.49. The molecule has 1 aromatic heterocycles. The van der Waals surface area contributed by atoms with Gasteiger partial charge in [0, 0.05) is 60.1 Å². The standard InChI is InChI=1S/C27H24F4N4O2/c1-33-21-14-20(23-17(25(33)36)6-4-7-22(23)37-26(28)29)35-19-13-16(8-9-18(19)32-24(21)35)5-2-3-11-34-12-10-27(30,31)15-34/h4,6-9,13,20-21,26H,3,10-12,14-15H2,1H3/t20-,21-/m1/s1/i1D3. The molecular weight excluding hydrogens is 488 g/mol. The number of nitrogens with zero attached hydrogens (tertiary/aromatic N) is 4. The van der Waals surface area contributed by atoms with Gasteiger partial charge in [-0.25, -0.2) is 13.8 Å². The number of carbonyl (C=O) groups is 1. The number of carbonyl (C=O) groups excluding carboxylic acids is 1. The fourth-order valence-corrected chi connectivity index (χ4v) is 5.56. The third-order valence-electron chi connectivity index (χ3n) is 7.18. The van der Waals surface area contributed by atoms with Crippen LogP contribution in [0.25, 0.3) is 11.0 Å². The number of ether oxygens (including phenoxy) is 1. The highest BCUT2D eigenvalue weighted by molar-refractivity contribution is 5.97. The van der Waals surface area contributed by atoms with E-state index in [0.717, 1.165) is 4.90 Å². The highest BCUT2D eigenvalue weighted by Gasteiger charge is 2.45. The smallest absolute Gasteiger partial charge is 0.387 e. The number of benzene rings is 2. The Balaban J connectivity index is 1.40. The van der Waals surface area contributed by atoms with Crippen LogP contribution in [0.15, 0.2) is 36.4 Å². The Morgan fingerprint density at radius 2 is 2.14 bits per heavy atom. The molecule has 0 spiro atoms. The molecule has 10 heteroatoms. The molecule has 1 amide bonds. The number of hydrogen-bond acceptors (Lipinski definition) is 4. The first-order valence-corrected chi connectivity index (χ1v) is 12.0. The molecule has 6 rings (SSSR count). The number of aromatic nitrogens is 2. The van der Waals surface area contributed by atoms with Gasteiger partial charge < -0.3 is 14.2 Å². The summed E-state index contributed by atoms with van der Waals surface area (Å²) in [5, 5.41) is 0. The largest absolute Gasteiger partial charge is 0.434 e. The third-order valence-corrected chi connectivity index (χ3v) is 7.18. The fraction of sp³-hybridized carbons (Fsp3) is 0.407. The minimum Gasteiger partial charge on any atom is -0.434 e. The summed E-state index contributed by atoms with van der Waals surface area (Å²) < 4.78 is 84.4.